The second-order valence-corrected chi connectivity index (χ2v) is 6.81. The molecule has 0 fully saturated rings. The Morgan fingerprint density at radius 1 is 1.14 bits per heavy atom. The molecule has 0 radical (unpaired) electrons. The highest BCUT2D eigenvalue weighted by atomic mass is 16.4. The topological polar surface area (TPSA) is 124 Å². The molecule has 8 nitrogen and oxygen atoms in total. The third-order valence-corrected chi connectivity index (χ3v) is 4.40. The van der Waals surface area contributed by atoms with E-state index in [1.54, 1.807) is 19.3 Å². The summed E-state index contributed by atoms with van der Waals surface area (Å²) in [6, 6.07) is 7.46. The van der Waals surface area contributed by atoms with Crippen LogP contribution in [0.25, 0.3) is 22.3 Å². The van der Waals surface area contributed by atoms with E-state index < -0.39 is 5.60 Å². The number of nitrogens with zero attached hydrogens (tertiary/aromatic N) is 5. The predicted octanol–water partition coefficient (Wildman–Crippen LogP) is 2.53. The molecule has 1 atom stereocenters. The van der Waals surface area contributed by atoms with Gasteiger partial charge >= 0.3 is 0 Å². The summed E-state index contributed by atoms with van der Waals surface area (Å²) in [5.41, 5.74) is 7.47. The van der Waals surface area contributed by atoms with Gasteiger partial charge in [0.05, 0.1) is 0 Å². The van der Waals surface area contributed by atoms with Gasteiger partial charge in [-0.1, -0.05) is 17.9 Å². The highest BCUT2D eigenvalue weighted by molar-refractivity contribution is 5.87. The SMILES string of the molecule is Cc1nnc([C@](C)(O)C#Cc2ccc(C)c(-c3ncc4ccnc(N)c4n3)c2)o1. The number of benzene rings is 1. The Hall–Kier alpha value is -3.83. The molecule has 4 rings (SSSR count). The van der Waals surface area contributed by atoms with E-state index in [0.717, 1.165) is 16.5 Å². The first kappa shape index (κ1) is 18.5. The van der Waals surface area contributed by atoms with Crippen molar-refractivity contribution in [2.75, 3.05) is 5.73 Å². The fourth-order valence-corrected chi connectivity index (χ4v) is 2.79. The number of nitrogen functional groups attached to an aromatic ring is 1. The smallest absolute Gasteiger partial charge is 0.260 e. The number of aromatic nitrogens is 5. The van der Waals surface area contributed by atoms with Crippen molar-refractivity contribution in [3.63, 3.8) is 0 Å². The monoisotopic (exact) mass is 386 g/mol. The summed E-state index contributed by atoms with van der Waals surface area (Å²) in [5.74, 6) is 7.03. The van der Waals surface area contributed by atoms with Gasteiger partial charge in [0, 0.05) is 35.8 Å². The van der Waals surface area contributed by atoms with Crippen LogP contribution in [-0.4, -0.2) is 30.3 Å². The van der Waals surface area contributed by atoms with E-state index in [1.807, 2.05) is 31.2 Å². The maximum absolute atomic E-state index is 10.5. The molecule has 144 valence electrons. The molecule has 0 bridgehead atoms. The number of rotatable bonds is 2. The van der Waals surface area contributed by atoms with Gasteiger partial charge in [0.1, 0.15) is 11.3 Å². The number of hydrogen-bond acceptors (Lipinski definition) is 8. The molecule has 8 heteroatoms. The molecule has 3 heterocycles. The van der Waals surface area contributed by atoms with Gasteiger partial charge < -0.3 is 15.3 Å². The Kier molecular flexibility index (Phi) is 4.45. The number of aryl methyl sites for hydroxylation is 2. The van der Waals surface area contributed by atoms with Gasteiger partial charge in [-0.25, -0.2) is 15.0 Å². The van der Waals surface area contributed by atoms with E-state index in [0.29, 0.717) is 28.6 Å². The Morgan fingerprint density at radius 2 is 1.97 bits per heavy atom. The molecule has 1 aromatic carbocycles. The maximum atomic E-state index is 10.5. The second-order valence-electron chi connectivity index (χ2n) is 6.81. The van der Waals surface area contributed by atoms with E-state index in [4.69, 9.17) is 10.2 Å². The average molecular weight is 386 g/mol. The van der Waals surface area contributed by atoms with Gasteiger partial charge in [-0.05, 0) is 37.6 Å². The summed E-state index contributed by atoms with van der Waals surface area (Å²) in [7, 11) is 0. The van der Waals surface area contributed by atoms with Crippen molar-refractivity contribution in [2.45, 2.75) is 26.4 Å². The zero-order valence-corrected chi connectivity index (χ0v) is 16.1. The van der Waals surface area contributed by atoms with Crippen molar-refractivity contribution in [3.8, 4) is 23.2 Å². The normalized spacial score (nSPS) is 13.0. The number of fused-ring (bicyclic) bond motifs is 1. The molecule has 0 saturated carbocycles. The summed E-state index contributed by atoms with van der Waals surface area (Å²) in [5, 5.41) is 18.9. The van der Waals surface area contributed by atoms with Crippen LogP contribution < -0.4 is 5.73 Å². The van der Waals surface area contributed by atoms with E-state index >= 15 is 0 Å². The van der Waals surface area contributed by atoms with Crippen LogP contribution in [0.4, 0.5) is 5.82 Å². The van der Waals surface area contributed by atoms with E-state index in [2.05, 4.69) is 37.0 Å². The van der Waals surface area contributed by atoms with Crippen molar-refractivity contribution in [2.24, 2.45) is 0 Å². The fourth-order valence-electron chi connectivity index (χ4n) is 2.79. The first-order valence-electron chi connectivity index (χ1n) is 8.88. The van der Waals surface area contributed by atoms with Crippen LogP contribution in [0.2, 0.25) is 0 Å². The molecule has 4 aromatic rings. The summed E-state index contributed by atoms with van der Waals surface area (Å²) in [6.07, 6.45) is 3.34. The second kappa shape index (κ2) is 6.96. The molecular weight excluding hydrogens is 368 g/mol. The quantitative estimate of drug-likeness (QED) is 0.504. The molecular formula is C21H18N6O2. The van der Waals surface area contributed by atoms with Crippen LogP contribution in [0.5, 0.6) is 0 Å². The highest BCUT2D eigenvalue weighted by Gasteiger charge is 2.27. The van der Waals surface area contributed by atoms with Gasteiger partial charge in [0.15, 0.2) is 5.82 Å². The Labute approximate surface area is 166 Å². The molecule has 3 aromatic heterocycles. The van der Waals surface area contributed by atoms with Crippen LogP contribution in [0, 0.1) is 25.7 Å². The zero-order chi connectivity index (χ0) is 20.6. The lowest BCUT2D eigenvalue weighted by atomic mass is 10.0. The minimum atomic E-state index is -1.56. The van der Waals surface area contributed by atoms with E-state index in [1.165, 1.54) is 6.92 Å². The van der Waals surface area contributed by atoms with Gasteiger partial charge in [-0.3, -0.25) is 0 Å². The number of anilines is 1. The highest BCUT2D eigenvalue weighted by Crippen LogP contribution is 2.25. The number of nitrogens with two attached hydrogens (primary N) is 1. The fraction of sp³-hybridized carbons (Fsp3) is 0.190. The Balaban J connectivity index is 1.73. The molecule has 0 aliphatic rings. The zero-order valence-electron chi connectivity index (χ0n) is 16.1. The van der Waals surface area contributed by atoms with Crippen LogP contribution in [0.15, 0.2) is 41.1 Å². The largest absolute Gasteiger partial charge is 0.421 e. The van der Waals surface area contributed by atoms with Gasteiger partial charge in [0.2, 0.25) is 11.5 Å². The molecule has 0 aliphatic carbocycles. The first-order valence-corrected chi connectivity index (χ1v) is 8.88. The number of aliphatic hydroxyl groups is 1. The summed E-state index contributed by atoms with van der Waals surface area (Å²) in [4.78, 5) is 13.1. The van der Waals surface area contributed by atoms with Crippen LogP contribution in [0.1, 0.15) is 29.8 Å². The molecule has 0 saturated heterocycles. The van der Waals surface area contributed by atoms with Gasteiger partial charge in [-0.15, -0.1) is 10.2 Å². The molecule has 0 amide bonds. The van der Waals surface area contributed by atoms with Crippen molar-refractivity contribution < 1.29 is 9.52 Å². The lowest BCUT2D eigenvalue weighted by Gasteiger charge is -2.10. The average Bonchev–Trinajstić information content (AvgIpc) is 3.15. The minimum absolute atomic E-state index is 0.0515. The standard InChI is InChI=1S/C21H18N6O2/c1-12-4-5-14(6-8-21(3,28)20-27-26-13(2)29-20)10-16(12)19-24-11-15-7-9-23-18(22)17(15)25-19/h4-5,7,9-11,28H,1-3H3,(H2,22,23)/t21-/m1/s1. The minimum Gasteiger partial charge on any atom is -0.421 e. The molecule has 0 spiro atoms. The third kappa shape index (κ3) is 3.63. The third-order valence-electron chi connectivity index (χ3n) is 4.40. The van der Waals surface area contributed by atoms with E-state index in [9.17, 15) is 5.11 Å². The molecule has 3 N–H and O–H groups in total. The predicted molar refractivity (Wildman–Crippen MR) is 107 cm³/mol. The van der Waals surface area contributed by atoms with Crippen LogP contribution in [-0.2, 0) is 5.60 Å². The molecule has 0 aliphatic heterocycles. The Morgan fingerprint density at radius 3 is 2.72 bits per heavy atom. The molecule has 0 unspecified atom stereocenters. The lowest BCUT2D eigenvalue weighted by molar-refractivity contribution is 0.0881. The van der Waals surface area contributed by atoms with Crippen molar-refractivity contribution in [1.29, 1.82) is 0 Å². The summed E-state index contributed by atoms with van der Waals surface area (Å²) < 4.78 is 5.29. The number of hydrogen-bond donors (Lipinski definition) is 2. The van der Waals surface area contributed by atoms with Crippen molar-refractivity contribution in [3.05, 3.63) is 59.6 Å². The van der Waals surface area contributed by atoms with E-state index in [-0.39, 0.29) is 5.89 Å². The summed E-state index contributed by atoms with van der Waals surface area (Å²) >= 11 is 0. The number of pyridine rings is 1. The lowest BCUT2D eigenvalue weighted by Crippen LogP contribution is -2.19. The van der Waals surface area contributed by atoms with Crippen LogP contribution in [0.3, 0.4) is 0 Å². The van der Waals surface area contributed by atoms with Gasteiger partial charge in [-0.2, -0.15) is 0 Å². The van der Waals surface area contributed by atoms with Crippen LogP contribution >= 0.6 is 0 Å². The first-order chi connectivity index (χ1) is 13.8. The maximum Gasteiger partial charge on any atom is 0.260 e. The summed E-state index contributed by atoms with van der Waals surface area (Å²) in [6.45, 7) is 5.12. The van der Waals surface area contributed by atoms with Crippen molar-refractivity contribution in [1.82, 2.24) is 25.1 Å². The van der Waals surface area contributed by atoms with Gasteiger partial charge in [0.25, 0.3) is 5.89 Å². The van der Waals surface area contributed by atoms with Crippen molar-refractivity contribution >= 4 is 16.7 Å². The Bertz CT molecular complexity index is 1280. The molecule has 29 heavy (non-hydrogen) atoms.